The summed E-state index contributed by atoms with van der Waals surface area (Å²) >= 11 is 0. The topological polar surface area (TPSA) is 81.3 Å². The lowest BCUT2D eigenvalue weighted by molar-refractivity contribution is 0.0592. The molecule has 0 amide bonds. The Morgan fingerprint density at radius 3 is 1.69 bits per heavy atom. The van der Waals surface area contributed by atoms with E-state index >= 15 is 0 Å². The third-order valence-corrected chi connectivity index (χ3v) is 4.86. The second-order valence-corrected chi connectivity index (χ2v) is 6.44. The van der Waals surface area contributed by atoms with E-state index in [0.717, 1.165) is 27.5 Å². The van der Waals surface area contributed by atoms with Crippen molar-refractivity contribution in [3.05, 3.63) is 77.4 Å². The number of hydrogen-bond acceptors (Lipinski definition) is 5. The molecule has 0 aliphatic heterocycles. The SMILES string of the molecule is COC(=O)c1ccc2c(c1)c1cc(C(=O)OC)ccc1n2-c1ccc(C#N)cc1. The molecular weight excluding hydrogens is 368 g/mol. The van der Waals surface area contributed by atoms with E-state index in [1.165, 1.54) is 14.2 Å². The van der Waals surface area contributed by atoms with Gasteiger partial charge in [0.25, 0.3) is 0 Å². The Bertz CT molecular complexity index is 1240. The number of nitriles is 1. The molecule has 0 atom stereocenters. The molecule has 4 rings (SSSR count). The molecule has 1 aromatic heterocycles. The lowest BCUT2D eigenvalue weighted by Gasteiger charge is -2.08. The maximum Gasteiger partial charge on any atom is 0.337 e. The summed E-state index contributed by atoms with van der Waals surface area (Å²) in [7, 11) is 2.67. The summed E-state index contributed by atoms with van der Waals surface area (Å²) in [5.74, 6) is -0.870. The highest BCUT2D eigenvalue weighted by atomic mass is 16.5. The Kier molecular flexibility index (Phi) is 4.49. The number of hydrogen-bond donors (Lipinski definition) is 0. The Balaban J connectivity index is 2.06. The first-order valence-corrected chi connectivity index (χ1v) is 8.82. The highest BCUT2D eigenvalue weighted by Crippen LogP contribution is 2.33. The summed E-state index contributed by atoms with van der Waals surface area (Å²) in [6.45, 7) is 0. The fraction of sp³-hybridized carbons (Fsp3) is 0.0870. The number of esters is 2. The second kappa shape index (κ2) is 7.13. The predicted octanol–water partition coefficient (Wildman–Crippen LogP) is 4.23. The van der Waals surface area contributed by atoms with Crippen LogP contribution in [0.25, 0.3) is 27.5 Å². The zero-order valence-corrected chi connectivity index (χ0v) is 15.8. The van der Waals surface area contributed by atoms with Gasteiger partial charge in [0.1, 0.15) is 0 Å². The van der Waals surface area contributed by atoms with E-state index < -0.39 is 11.9 Å². The number of benzene rings is 3. The number of nitrogens with zero attached hydrogens (tertiary/aromatic N) is 2. The lowest BCUT2D eigenvalue weighted by atomic mass is 10.1. The van der Waals surface area contributed by atoms with Crippen molar-refractivity contribution in [1.29, 1.82) is 5.26 Å². The first-order chi connectivity index (χ1) is 14.1. The number of aromatic nitrogens is 1. The first-order valence-electron chi connectivity index (χ1n) is 8.82. The molecule has 0 unspecified atom stereocenters. The van der Waals surface area contributed by atoms with Crippen molar-refractivity contribution in [2.24, 2.45) is 0 Å². The molecule has 0 aliphatic rings. The second-order valence-electron chi connectivity index (χ2n) is 6.44. The van der Waals surface area contributed by atoms with Crippen LogP contribution in [0.2, 0.25) is 0 Å². The van der Waals surface area contributed by atoms with Gasteiger partial charge < -0.3 is 14.0 Å². The van der Waals surface area contributed by atoms with Gasteiger partial charge in [0, 0.05) is 16.5 Å². The molecule has 0 saturated carbocycles. The van der Waals surface area contributed by atoms with Gasteiger partial charge in [-0.25, -0.2) is 9.59 Å². The van der Waals surface area contributed by atoms with E-state index in [1.54, 1.807) is 36.4 Å². The van der Waals surface area contributed by atoms with Gasteiger partial charge >= 0.3 is 11.9 Å². The summed E-state index contributed by atoms with van der Waals surface area (Å²) in [6, 6.07) is 19.9. The summed E-state index contributed by atoms with van der Waals surface area (Å²) in [5.41, 5.74) is 3.99. The van der Waals surface area contributed by atoms with Crippen LogP contribution >= 0.6 is 0 Å². The van der Waals surface area contributed by atoms with Crippen LogP contribution in [-0.2, 0) is 9.47 Å². The molecule has 0 bridgehead atoms. The van der Waals surface area contributed by atoms with E-state index in [1.807, 2.05) is 28.8 Å². The monoisotopic (exact) mass is 384 g/mol. The average molecular weight is 384 g/mol. The average Bonchev–Trinajstić information content (AvgIpc) is 3.10. The molecule has 3 aromatic carbocycles. The smallest absolute Gasteiger partial charge is 0.337 e. The molecule has 0 N–H and O–H groups in total. The third-order valence-electron chi connectivity index (χ3n) is 4.86. The predicted molar refractivity (Wildman–Crippen MR) is 108 cm³/mol. The molecule has 142 valence electrons. The maximum atomic E-state index is 12.0. The van der Waals surface area contributed by atoms with Gasteiger partial charge in [0.05, 0.1) is 48.0 Å². The van der Waals surface area contributed by atoms with Crippen LogP contribution in [0.1, 0.15) is 26.3 Å². The Morgan fingerprint density at radius 2 is 1.28 bits per heavy atom. The number of fused-ring (bicyclic) bond motifs is 3. The highest BCUT2D eigenvalue weighted by molar-refractivity contribution is 6.12. The van der Waals surface area contributed by atoms with Gasteiger partial charge in [0.2, 0.25) is 0 Å². The number of carbonyl (C=O) groups is 2. The Morgan fingerprint density at radius 1 is 0.793 bits per heavy atom. The van der Waals surface area contributed by atoms with Gasteiger partial charge in [0.15, 0.2) is 0 Å². The molecule has 6 nitrogen and oxygen atoms in total. The minimum atomic E-state index is -0.435. The number of rotatable bonds is 3. The van der Waals surface area contributed by atoms with Crippen molar-refractivity contribution in [3.63, 3.8) is 0 Å². The first kappa shape index (κ1) is 18.3. The summed E-state index contributed by atoms with van der Waals surface area (Å²) in [4.78, 5) is 24.1. The molecule has 0 spiro atoms. The molecule has 29 heavy (non-hydrogen) atoms. The molecule has 4 aromatic rings. The molecule has 0 saturated heterocycles. The molecular formula is C23H16N2O4. The van der Waals surface area contributed by atoms with Crippen molar-refractivity contribution < 1.29 is 19.1 Å². The van der Waals surface area contributed by atoms with Crippen LogP contribution in [0.15, 0.2) is 60.7 Å². The molecule has 0 fully saturated rings. The third kappa shape index (κ3) is 2.99. The zero-order chi connectivity index (χ0) is 20.5. The molecule has 0 aliphatic carbocycles. The number of ether oxygens (including phenoxy) is 2. The van der Waals surface area contributed by atoms with Crippen LogP contribution in [-0.4, -0.2) is 30.7 Å². The maximum absolute atomic E-state index is 12.0. The minimum absolute atomic E-state index is 0.419. The van der Waals surface area contributed by atoms with E-state index in [0.29, 0.717) is 16.7 Å². The Labute approximate surface area is 166 Å². The van der Waals surface area contributed by atoms with Crippen molar-refractivity contribution in [2.45, 2.75) is 0 Å². The molecule has 0 radical (unpaired) electrons. The van der Waals surface area contributed by atoms with Crippen molar-refractivity contribution in [1.82, 2.24) is 4.57 Å². The fourth-order valence-electron chi connectivity index (χ4n) is 3.48. The van der Waals surface area contributed by atoms with Crippen LogP contribution in [0, 0.1) is 11.3 Å². The lowest BCUT2D eigenvalue weighted by Crippen LogP contribution is -2.00. The van der Waals surface area contributed by atoms with E-state index in [9.17, 15) is 9.59 Å². The van der Waals surface area contributed by atoms with Gasteiger partial charge in [-0.05, 0) is 60.7 Å². The van der Waals surface area contributed by atoms with Crippen LogP contribution in [0.4, 0.5) is 0 Å². The van der Waals surface area contributed by atoms with Gasteiger partial charge in [-0.2, -0.15) is 5.26 Å². The zero-order valence-electron chi connectivity index (χ0n) is 15.8. The number of methoxy groups -OCH3 is 2. The van der Waals surface area contributed by atoms with Crippen molar-refractivity contribution in [3.8, 4) is 11.8 Å². The summed E-state index contributed by atoms with van der Waals surface area (Å²) < 4.78 is 11.7. The van der Waals surface area contributed by atoms with Gasteiger partial charge in [-0.3, -0.25) is 0 Å². The van der Waals surface area contributed by atoms with E-state index in [2.05, 4.69) is 6.07 Å². The van der Waals surface area contributed by atoms with Crippen LogP contribution in [0.3, 0.4) is 0 Å². The van der Waals surface area contributed by atoms with Crippen molar-refractivity contribution in [2.75, 3.05) is 14.2 Å². The van der Waals surface area contributed by atoms with Crippen LogP contribution in [0.5, 0.6) is 0 Å². The van der Waals surface area contributed by atoms with E-state index in [-0.39, 0.29) is 0 Å². The molecule has 6 heteroatoms. The fourth-order valence-corrected chi connectivity index (χ4v) is 3.48. The Hall–Kier alpha value is -4.11. The van der Waals surface area contributed by atoms with Crippen molar-refractivity contribution >= 4 is 33.7 Å². The quantitative estimate of drug-likeness (QED) is 0.494. The molecule has 1 heterocycles. The minimum Gasteiger partial charge on any atom is -0.465 e. The summed E-state index contributed by atoms with van der Waals surface area (Å²) in [6.07, 6.45) is 0. The number of carbonyl (C=O) groups excluding carboxylic acids is 2. The van der Waals surface area contributed by atoms with Gasteiger partial charge in [-0.15, -0.1) is 0 Å². The summed E-state index contributed by atoms with van der Waals surface area (Å²) in [5, 5.41) is 10.7. The normalized spacial score (nSPS) is 10.7. The standard InChI is InChI=1S/C23H16N2O4/c1-28-22(26)15-5-9-20-18(11-15)19-12-16(23(27)29-2)6-10-21(19)25(20)17-7-3-14(13-24)4-8-17/h3-12H,1-2H3. The van der Waals surface area contributed by atoms with Gasteiger partial charge in [-0.1, -0.05) is 0 Å². The highest BCUT2D eigenvalue weighted by Gasteiger charge is 2.17. The largest absolute Gasteiger partial charge is 0.465 e. The van der Waals surface area contributed by atoms with Crippen LogP contribution < -0.4 is 0 Å². The van der Waals surface area contributed by atoms with E-state index in [4.69, 9.17) is 14.7 Å².